The van der Waals surface area contributed by atoms with Gasteiger partial charge in [-0.1, -0.05) is 27.2 Å². The molecule has 1 spiro atoms. The van der Waals surface area contributed by atoms with E-state index in [-0.39, 0.29) is 5.60 Å². The normalized spacial score (nSPS) is 20.2. The molecule has 7 heteroatoms. The number of morpholine rings is 1. The van der Waals surface area contributed by atoms with Crippen LogP contribution in [0.1, 0.15) is 52.1 Å². The highest BCUT2D eigenvalue weighted by Gasteiger charge is 2.39. The summed E-state index contributed by atoms with van der Waals surface area (Å²) in [7, 11) is 2.20. The van der Waals surface area contributed by atoms with Crippen LogP contribution in [-0.2, 0) is 17.7 Å². The fourth-order valence-corrected chi connectivity index (χ4v) is 4.76. The molecule has 0 saturated carbocycles. The van der Waals surface area contributed by atoms with Crippen LogP contribution >= 0.6 is 0 Å². The summed E-state index contributed by atoms with van der Waals surface area (Å²) in [5.74, 6) is 1.61. The zero-order valence-electron chi connectivity index (χ0n) is 18.5. The van der Waals surface area contributed by atoms with E-state index >= 15 is 0 Å². The van der Waals surface area contributed by atoms with Crippen LogP contribution in [0.25, 0.3) is 11.0 Å². The second-order valence-corrected chi connectivity index (χ2v) is 9.27. The van der Waals surface area contributed by atoms with Crippen LogP contribution in [0.4, 0.5) is 5.82 Å². The molecule has 2 aromatic heterocycles. The number of hydrogen-bond acceptors (Lipinski definition) is 6. The first kappa shape index (κ1) is 20.5. The summed E-state index contributed by atoms with van der Waals surface area (Å²) in [6.07, 6.45) is 7.05. The zero-order valence-corrected chi connectivity index (χ0v) is 18.5. The van der Waals surface area contributed by atoms with Crippen LogP contribution in [0.2, 0.25) is 0 Å². The lowest BCUT2D eigenvalue weighted by Crippen LogP contribution is -2.56. The zero-order chi connectivity index (χ0) is 20.4. The van der Waals surface area contributed by atoms with Gasteiger partial charge in [-0.05, 0) is 38.6 Å². The Morgan fingerprint density at radius 3 is 2.66 bits per heavy atom. The third-order valence-electron chi connectivity index (χ3n) is 6.32. The van der Waals surface area contributed by atoms with Crippen LogP contribution in [-0.4, -0.2) is 70.1 Å². The molecule has 2 aromatic rings. The number of piperidine rings is 1. The van der Waals surface area contributed by atoms with E-state index in [0.29, 0.717) is 5.92 Å². The van der Waals surface area contributed by atoms with Crippen molar-refractivity contribution in [3.05, 3.63) is 12.0 Å². The maximum Gasteiger partial charge on any atom is 0.163 e. The van der Waals surface area contributed by atoms with E-state index in [0.717, 1.165) is 94.0 Å². The fourth-order valence-electron chi connectivity index (χ4n) is 4.76. The SMILES string of the molecule is CCCCn1nc(CC(C)C)c2c(N3CCC4(CC3)CN(C)CCO4)ncnc21. The molecule has 0 aromatic carbocycles. The summed E-state index contributed by atoms with van der Waals surface area (Å²) in [4.78, 5) is 14.2. The Balaban J connectivity index is 1.62. The summed E-state index contributed by atoms with van der Waals surface area (Å²) < 4.78 is 8.36. The summed E-state index contributed by atoms with van der Waals surface area (Å²) in [5.41, 5.74) is 2.16. The Kier molecular flexibility index (Phi) is 6.06. The van der Waals surface area contributed by atoms with E-state index in [4.69, 9.17) is 14.8 Å². The van der Waals surface area contributed by atoms with Gasteiger partial charge in [-0.25, -0.2) is 14.6 Å². The van der Waals surface area contributed by atoms with E-state index < -0.39 is 0 Å². The Hall–Kier alpha value is -1.73. The van der Waals surface area contributed by atoms with Gasteiger partial charge in [0.1, 0.15) is 12.1 Å². The van der Waals surface area contributed by atoms with Crippen molar-refractivity contribution in [3.63, 3.8) is 0 Å². The van der Waals surface area contributed by atoms with Crippen molar-refractivity contribution in [1.29, 1.82) is 0 Å². The molecule has 0 atom stereocenters. The molecule has 4 heterocycles. The van der Waals surface area contributed by atoms with Crippen LogP contribution in [0.5, 0.6) is 0 Å². The van der Waals surface area contributed by atoms with Crippen LogP contribution in [0.3, 0.4) is 0 Å². The summed E-state index contributed by atoms with van der Waals surface area (Å²) in [6.45, 7) is 12.5. The molecule has 160 valence electrons. The molecular weight excluding hydrogens is 364 g/mol. The van der Waals surface area contributed by atoms with Gasteiger partial charge in [-0.3, -0.25) is 0 Å². The molecule has 0 amide bonds. The number of rotatable bonds is 6. The predicted octanol–water partition coefficient (Wildman–Crippen LogP) is 3.13. The minimum Gasteiger partial charge on any atom is -0.372 e. The second-order valence-electron chi connectivity index (χ2n) is 9.27. The number of ether oxygens (including phenoxy) is 1. The first-order chi connectivity index (χ1) is 14.0. The minimum atomic E-state index is 0.0156. The minimum absolute atomic E-state index is 0.0156. The van der Waals surface area contributed by atoms with Crippen molar-refractivity contribution in [1.82, 2.24) is 24.6 Å². The number of fused-ring (bicyclic) bond motifs is 1. The number of aromatic nitrogens is 4. The highest BCUT2D eigenvalue weighted by molar-refractivity contribution is 5.90. The van der Waals surface area contributed by atoms with Crippen molar-refractivity contribution in [2.45, 2.75) is 65.0 Å². The van der Waals surface area contributed by atoms with Crippen molar-refractivity contribution >= 4 is 16.9 Å². The number of nitrogens with zero attached hydrogens (tertiary/aromatic N) is 6. The van der Waals surface area contributed by atoms with Crippen molar-refractivity contribution < 1.29 is 4.74 Å². The summed E-state index contributed by atoms with van der Waals surface area (Å²) >= 11 is 0. The second kappa shape index (κ2) is 8.56. The maximum atomic E-state index is 6.26. The van der Waals surface area contributed by atoms with E-state index in [2.05, 4.69) is 47.3 Å². The number of anilines is 1. The largest absolute Gasteiger partial charge is 0.372 e. The Bertz CT molecular complexity index is 824. The lowest BCUT2D eigenvalue weighted by Gasteiger charge is -2.46. The Morgan fingerprint density at radius 1 is 1.17 bits per heavy atom. The molecule has 2 fully saturated rings. The van der Waals surface area contributed by atoms with Crippen molar-refractivity contribution in [2.75, 3.05) is 44.7 Å². The number of likely N-dealkylation sites (N-methyl/N-ethyl adjacent to an activating group) is 1. The van der Waals surface area contributed by atoms with Gasteiger partial charge < -0.3 is 14.5 Å². The first-order valence-corrected chi connectivity index (χ1v) is 11.3. The van der Waals surface area contributed by atoms with Gasteiger partial charge in [-0.15, -0.1) is 0 Å². The Labute approximate surface area is 174 Å². The molecular formula is C22H36N6O. The average molecular weight is 401 g/mol. The molecule has 0 unspecified atom stereocenters. The fraction of sp³-hybridized carbons (Fsp3) is 0.773. The van der Waals surface area contributed by atoms with E-state index in [1.54, 1.807) is 6.33 Å². The quantitative estimate of drug-likeness (QED) is 0.742. The molecule has 2 aliphatic heterocycles. The molecule has 2 saturated heterocycles. The number of unbranched alkanes of at least 4 members (excludes halogenated alkanes) is 1. The van der Waals surface area contributed by atoms with Gasteiger partial charge in [0.15, 0.2) is 5.65 Å². The van der Waals surface area contributed by atoms with Gasteiger partial charge in [0.25, 0.3) is 0 Å². The molecule has 0 bridgehead atoms. The topological polar surface area (TPSA) is 59.3 Å². The molecule has 29 heavy (non-hydrogen) atoms. The maximum absolute atomic E-state index is 6.26. The van der Waals surface area contributed by atoms with E-state index in [1.807, 2.05) is 0 Å². The van der Waals surface area contributed by atoms with Crippen molar-refractivity contribution in [3.8, 4) is 0 Å². The van der Waals surface area contributed by atoms with Crippen molar-refractivity contribution in [2.24, 2.45) is 5.92 Å². The van der Waals surface area contributed by atoms with E-state index in [1.165, 1.54) is 0 Å². The Morgan fingerprint density at radius 2 is 1.97 bits per heavy atom. The predicted molar refractivity (Wildman–Crippen MR) is 116 cm³/mol. The van der Waals surface area contributed by atoms with Crippen LogP contribution in [0, 0.1) is 5.92 Å². The third kappa shape index (κ3) is 4.26. The lowest BCUT2D eigenvalue weighted by atomic mass is 9.89. The molecule has 0 radical (unpaired) electrons. The number of aryl methyl sites for hydroxylation is 1. The van der Waals surface area contributed by atoms with Crippen LogP contribution < -0.4 is 4.90 Å². The van der Waals surface area contributed by atoms with Gasteiger partial charge in [-0.2, -0.15) is 5.10 Å². The first-order valence-electron chi connectivity index (χ1n) is 11.3. The van der Waals surface area contributed by atoms with Gasteiger partial charge in [0, 0.05) is 32.7 Å². The lowest BCUT2D eigenvalue weighted by molar-refractivity contribution is -0.115. The monoisotopic (exact) mass is 400 g/mol. The third-order valence-corrected chi connectivity index (χ3v) is 6.32. The highest BCUT2D eigenvalue weighted by atomic mass is 16.5. The van der Waals surface area contributed by atoms with Crippen LogP contribution in [0.15, 0.2) is 6.33 Å². The molecule has 2 aliphatic rings. The highest BCUT2D eigenvalue weighted by Crippen LogP contribution is 2.34. The molecule has 0 N–H and O–H groups in total. The van der Waals surface area contributed by atoms with Gasteiger partial charge in [0.05, 0.1) is 23.3 Å². The van der Waals surface area contributed by atoms with E-state index in [9.17, 15) is 0 Å². The number of hydrogen-bond donors (Lipinski definition) is 0. The standard InChI is InChI=1S/C22H36N6O/c1-5-6-9-28-21-19(18(25-28)14-17(2)3)20(23-16-24-21)27-10-7-22(8-11-27)15-26(4)12-13-29-22/h16-17H,5-15H2,1-4H3. The smallest absolute Gasteiger partial charge is 0.163 e. The van der Waals surface area contributed by atoms with Gasteiger partial charge >= 0.3 is 0 Å². The molecule has 0 aliphatic carbocycles. The molecule has 4 rings (SSSR count). The average Bonchev–Trinajstić information content (AvgIpc) is 3.04. The summed E-state index contributed by atoms with van der Waals surface area (Å²) in [5, 5.41) is 6.13. The molecule has 7 nitrogen and oxygen atoms in total. The summed E-state index contributed by atoms with van der Waals surface area (Å²) in [6, 6.07) is 0. The van der Waals surface area contributed by atoms with Gasteiger partial charge in [0.2, 0.25) is 0 Å².